The molecule has 9 nitrogen and oxygen atoms in total. The third kappa shape index (κ3) is 5.05. The zero-order chi connectivity index (χ0) is 24.1. The number of fused-ring (bicyclic) bond motifs is 1. The summed E-state index contributed by atoms with van der Waals surface area (Å²) < 4.78 is 22.5. The zero-order valence-electron chi connectivity index (χ0n) is 18.7. The van der Waals surface area contributed by atoms with Gasteiger partial charge >= 0.3 is 0 Å². The van der Waals surface area contributed by atoms with Crippen LogP contribution < -0.4 is 18.9 Å². The molecule has 1 amide bonds. The lowest BCUT2D eigenvalue weighted by atomic mass is 10.1. The lowest BCUT2D eigenvalue weighted by Crippen LogP contribution is -2.35. The molecule has 0 atom stereocenters. The van der Waals surface area contributed by atoms with Gasteiger partial charge in [0.25, 0.3) is 5.91 Å². The van der Waals surface area contributed by atoms with Gasteiger partial charge in [-0.25, -0.2) is 0 Å². The molecule has 1 N–H and O–H groups in total. The number of amides is 1. The second-order valence-corrected chi connectivity index (χ2v) is 9.15. The van der Waals surface area contributed by atoms with E-state index in [1.54, 1.807) is 18.2 Å². The van der Waals surface area contributed by atoms with Crippen molar-refractivity contribution in [2.45, 2.75) is 0 Å². The number of benzene rings is 2. The van der Waals surface area contributed by atoms with E-state index in [1.807, 2.05) is 30.3 Å². The number of amidine groups is 2. The van der Waals surface area contributed by atoms with Crippen LogP contribution in [0.1, 0.15) is 5.56 Å². The molecule has 2 aromatic carbocycles. The van der Waals surface area contributed by atoms with E-state index in [1.165, 1.54) is 49.9 Å². The van der Waals surface area contributed by atoms with E-state index in [-0.39, 0.29) is 11.4 Å². The molecule has 0 unspecified atom stereocenters. The molecule has 2 aliphatic heterocycles. The Labute approximate surface area is 205 Å². The van der Waals surface area contributed by atoms with Crippen molar-refractivity contribution in [1.29, 1.82) is 5.41 Å². The van der Waals surface area contributed by atoms with Crippen LogP contribution in [0.15, 0.2) is 58.1 Å². The van der Waals surface area contributed by atoms with E-state index in [0.29, 0.717) is 44.7 Å². The van der Waals surface area contributed by atoms with Crippen molar-refractivity contribution in [1.82, 2.24) is 5.01 Å². The zero-order valence-corrected chi connectivity index (χ0v) is 20.4. The molecule has 0 saturated carbocycles. The molecule has 11 heteroatoms. The number of aliphatic imine (C=N–C) groups is 1. The lowest BCUT2D eigenvalue weighted by molar-refractivity contribution is -0.114. The highest BCUT2D eigenvalue weighted by atomic mass is 32.2. The van der Waals surface area contributed by atoms with Crippen LogP contribution in [0.25, 0.3) is 6.08 Å². The monoisotopic (exact) mass is 498 g/mol. The number of hydrogen-bond donors (Lipinski definition) is 1. The van der Waals surface area contributed by atoms with Crippen LogP contribution in [0.2, 0.25) is 0 Å². The molecular weight excluding hydrogens is 476 g/mol. The van der Waals surface area contributed by atoms with E-state index in [9.17, 15) is 4.79 Å². The SMILES string of the molecule is COc1cc(C=C2C(=N)N3N=C(SCCOc4ccccc4)SC3=NC2=O)cc(OC)c1OC. The minimum Gasteiger partial charge on any atom is -0.493 e. The lowest BCUT2D eigenvalue weighted by Gasteiger charge is -2.20. The Morgan fingerprint density at radius 2 is 1.79 bits per heavy atom. The van der Waals surface area contributed by atoms with Crippen molar-refractivity contribution >= 4 is 50.9 Å². The molecule has 176 valence electrons. The Bertz CT molecular complexity index is 1170. The van der Waals surface area contributed by atoms with Crippen molar-refractivity contribution in [2.24, 2.45) is 10.1 Å². The largest absolute Gasteiger partial charge is 0.493 e. The second kappa shape index (κ2) is 10.7. The summed E-state index contributed by atoms with van der Waals surface area (Å²) in [6.45, 7) is 0.503. The standard InChI is InChI=1S/C23H22N4O5S2/c1-29-17-12-14(13-18(30-2)19(17)31-3)11-16-20(24)27-22(25-21(16)28)34-23(26-27)33-10-9-32-15-7-5-4-6-8-15/h4-8,11-13,24H,9-10H2,1-3H3. The first-order valence-electron chi connectivity index (χ1n) is 10.1. The van der Waals surface area contributed by atoms with Crippen molar-refractivity contribution in [3.05, 3.63) is 53.6 Å². The molecule has 34 heavy (non-hydrogen) atoms. The molecule has 0 fully saturated rings. The van der Waals surface area contributed by atoms with Gasteiger partial charge in [-0.05, 0) is 47.7 Å². The van der Waals surface area contributed by atoms with Crippen molar-refractivity contribution in [3.8, 4) is 23.0 Å². The molecule has 0 aliphatic carbocycles. The van der Waals surface area contributed by atoms with Crippen LogP contribution in [-0.4, -0.2) is 60.0 Å². The van der Waals surface area contributed by atoms with Crippen LogP contribution >= 0.6 is 23.5 Å². The highest BCUT2D eigenvalue weighted by molar-refractivity contribution is 8.45. The van der Waals surface area contributed by atoms with Gasteiger partial charge in [0.1, 0.15) is 5.75 Å². The second-order valence-electron chi connectivity index (χ2n) is 6.85. The summed E-state index contributed by atoms with van der Waals surface area (Å²) >= 11 is 2.74. The fraction of sp³-hybridized carbons (Fsp3) is 0.217. The summed E-state index contributed by atoms with van der Waals surface area (Å²) in [5.74, 6) is 2.24. The molecule has 4 rings (SSSR count). The smallest absolute Gasteiger partial charge is 0.283 e. The number of methoxy groups -OCH3 is 3. The molecule has 0 radical (unpaired) electrons. The Kier molecular flexibility index (Phi) is 7.43. The fourth-order valence-electron chi connectivity index (χ4n) is 3.19. The molecule has 0 saturated heterocycles. The minimum absolute atomic E-state index is 0.0487. The van der Waals surface area contributed by atoms with E-state index in [4.69, 9.17) is 24.4 Å². The Hall–Kier alpha value is -3.44. The number of thioether (sulfide) groups is 2. The summed E-state index contributed by atoms with van der Waals surface area (Å²) in [4.78, 5) is 16.8. The van der Waals surface area contributed by atoms with E-state index in [0.717, 1.165) is 5.75 Å². The van der Waals surface area contributed by atoms with Crippen LogP contribution in [0.5, 0.6) is 23.0 Å². The van der Waals surface area contributed by atoms with E-state index >= 15 is 0 Å². The quantitative estimate of drug-likeness (QED) is 0.428. The van der Waals surface area contributed by atoms with Crippen LogP contribution in [-0.2, 0) is 4.79 Å². The summed E-state index contributed by atoms with van der Waals surface area (Å²) in [6.07, 6.45) is 1.56. The van der Waals surface area contributed by atoms with Crippen molar-refractivity contribution < 1.29 is 23.7 Å². The number of rotatable bonds is 8. The number of para-hydroxylation sites is 1. The third-order valence-corrected chi connectivity index (χ3v) is 6.76. The Morgan fingerprint density at radius 3 is 2.44 bits per heavy atom. The normalized spacial score (nSPS) is 16.2. The number of nitrogens with zero attached hydrogens (tertiary/aromatic N) is 3. The van der Waals surface area contributed by atoms with E-state index < -0.39 is 5.91 Å². The number of hydrogen-bond acceptors (Lipinski definition) is 9. The van der Waals surface area contributed by atoms with Gasteiger partial charge in [-0.3, -0.25) is 10.2 Å². The first-order valence-corrected chi connectivity index (χ1v) is 11.9. The highest BCUT2D eigenvalue weighted by Crippen LogP contribution is 2.39. The first kappa shape index (κ1) is 23.7. The van der Waals surface area contributed by atoms with Crippen molar-refractivity contribution in [2.75, 3.05) is 33.7 Å². The first-order chi connectivity index (χ1) is 16.5. The average molecular weight is 499 g/mol. The van der Waals surface area contributed by atoms with E-state index in [2.05, 4.69) is 10.1 Å². The summed E-state index contributed by atoms with van der Waals surface area (Å²) in [5, 5.41) is 14.8. The van der Waals surface area contributed by atoms with Crippen LogP contribution in [0.4, 0.5) is 0 Å². The number of nitrogens with one attached hydrogen (secondary N) is 1. The predicted octanol–water partition coefficient (Wildman–Crippen LogP) is 4.10. The third-order valence-electron chi connectivity index (χ3n) is 4.75. The maximum absolute atomic E-state index is 12.7. The highest BCUT2D eigenvalue weighted by Gasteiger charge is 2.35. The molecule has 0 aromatic heterocycles. The molecule has 0 spiro atoms. The predicted molar refractivity (Wildman–Crippen MR) is 136 cm³/mol. The summed E-state index contributed by atoms with van der Waals surface area (Å²) in [5.41, 5.74) is 0.714. The molecular formula is C23H22N4O5S2. The van der Waals surface area contributed by atoms with Gasteiger partial charge in [0.15, 0.2) is 21.7 Å². The maximum Gasteiger partial charge on any atom is 0.283 e. The molecule has 2 aliphatic rings. The van der Waals surface area contributed by atoms with Gasteiger partial charge in [0.05, 0.1) is 33.5 Å². The fourth-order valence-corrected chi connectivity index (χ4v) is 5.01. The van der Waals surface area contributed by atoms with Crippen LogP contribution in [0, 0.1) is 5.41 Å². The minimum atomic E-state index is -0.508. The van der Waals surface area contributed by atoms with Gasteiger partial charge in [-0.15, -0.1) is 5.10 Å². The van der Waals surface area contributed by atoms with Gasteiger partial charge in [0, 0.05) is 5.75 Å². The van der Waals surface area contributed by atoms with Crippen molar-refractivity contribution in [3.63, 3.8) is 0 Å². The maximum atomic E-state index is 12.7. The van der Waals surface area contributed by atoms with Gasteiger partial charge in [-0.2, -0.15) is 10.0 Å². The topological polar surface area (TPSA) is 106 Å². The number of ether oxygens (including phenoxy) is 4. The van der Waals surface area contributed by atoms with Gasteiger partial charge < -0.3 is 18.9 Å². The Balaban J connectivity index is 1.48. The molecule has 2 heterocycles. The summed E-state index contributed by atoms with van der Waals surface area (Å²) in [7, 11) is 4.54. The number of carbonyl (C=O) groups excluding carboxylic acids is 1. The summed E-state index contributed by atoms with van der Waals surface area (Å²) in [6, 6.07) is 13.0. The molecule has 2 aromatic rings. The Morgan fingerprint density at radius 1 is 1.09 bits per heavy atom. The van der Waals surface area contributed by atoms with Gasteiger partial charge in [-0.1, -0.05) is 30.0 Å². The average Bonchev–Trinajstić information content (AvgIpc) is 3.27. The number of carbonyl (C=O) groups is 1. The number of hydrazone groups is 1. The van der Waals surface area contributed by atoms with Gasteiger partial charge in [0.2, 0.25) is 10.9 Å². The van der Waals surface area contributed by atoms with Crippen LogP contribution in [0.3, 0.4) is 0 Å². The molecule has 0 bridgehead atoms.